The van der Waals surface area contributed by atoms with E-state index in [1.54, 1.807) is 29.7 Å². The Balaban J connectivity index is 2.03. The van der Waals surface area contributed by atoms with Gasteiger partial charge < -0.3 is 10.0 Å². The Morgan fingerprint density at radius 1 is 1.53 bits per heavy atom. The molecule has 1 aliphatic heterocycles. The Bertz CT molecular complexity index is 623. The first-order valence-corrected chi connectivity index (χ1v) is 7.07. The van der Waals surface area contributed by atoms with E-state index in [1.807, 2.05) is 0 Å². The van der Waals surface area contributed by atoms with E-state index in [1.165, 1.54) is 10.4 Å². The van der Waals surface area contributed by atoms with Crippen LogP contribution in [0.25, 0.3) is 0 Å². The molecule has 0 radical (unpaired) electrons. The Morgan fingerprint density at radius 2 is 2.37 bits per heavy atom. The van der Waals surface area contributed by atoms with Crippen LogP contribution in [0.5, 0.6) is 0 Å². The van der Waals surface area contributed by atoms with E-state index in [4.69, 9.17) is 0 Å². The maximum Gasteiger partial charge on any atom is 0.339 e. The lowest BCUT2D eigenvalue weighted by atomic mass is 10.0. The lowest BCUT2D eigenvalue weighted by Crippen LogP contribution is -2.34. The molecule has 0 saturated heterocycles. The molecule has 0 saturated carbocycles. The van der Waals surface area contributed by atoms with Crippen molar-refractivity contribution < 1.29 is 9.90 Å². The number of fused-ring (bicyclic) bond motifs is 1. The van der Waals surface area contributed by atoms with Gasteiger partial charge in [-0.15, -0.1) is 11.3 Å². The summed E-state index contributed by atoms with van der Waals surface area (Å²) in [5.74, 6) is -0.356. The number of carboxylic acids is 1. The van der Waals surface area contributed by atoms with E-state index in [2.05, 4.69) is 28.3 Å². The average Bonchev–Trinajstić information content (AvgIpc) is 2.88. The SMILES string of the molecule is CC1c2ccsc2CCN1c1ncccc1C(=O)O. The fourth-order valence-electron chi connectivity index (χ4n) is 2.59. The predicted molar refractivity (Wildman–Crippen MR) is 75.0 cm³/mol. The number of hydrogen-bond acceptors (Lipinski definition) is 4. The van der Waals surface area contributed by atoms with E-state index in [0.717, 1.165) is 13.0 Å². The summed E-state index contributed by atoms with van der Waals surface area (Å²) in [5.41, 5.74) is 1.56. The van der Waals surface area contributed by atoms with Crippen LogP contribution >= 0.6 is 11.3 Å². The summed E-state index contributed by atoms with van der Waals surface area (Å²) in [5, 5.41) is 11.4. The van der Waals surface area contributed by atoms with Crippen LogP contribution in [0.4, 0.5) is 5.82 Å². The van der Waals surface area contributed by atoms with Crippen LogP contribution in [0.15, 0.2) is 29.8 Å². The number of rotatable bonds is 2. The minimum absolute atomic E-state index is 0.169. The van der Waals surface area contributed by atoms with Gasteiger partial charge in [0.1, 0.15) is 11.4 Å². The summed E-state index contributed by atoms with van der Waals surface area (Å²) in [4.78, 5) is 19.1. The second kappa shape index (κ2) is 4.66. The van der Waals surface area contributed by atoms with Crippen molar-refractivity contribution in [2.45, 2.75) is 19.4 Å². The van der Waals surface area contributed by atoms with Crippen LogP contribution < -0.4 is 4.90 Å². The Labute approximate surface area is 115 Å². The molecule has 3 rings (SSSR count). The van der Waals surface area contributed by atoms with Crippen LogP contribution in [-0.2, 0) is 6.42 Å². The lowest BCUT2D eigenvalue weighted by molar-refractivity contribution is 0.0697. The fourth-order valence-corrected chi connectivity index (χ4v) is 3.55. The van der Waals surface area contributed by atoms with Crippen molar-refractivity contribution in [3.63, 3.8) is 0 Å². The highest BCUT2D eigenvalue weighted by Crippen LogP contribution is 2.36. The smallest absolute Gasteiger partial charge is 0.339 e. The molecule has 1 N–H and O–H groups in total. The van der Waals surface area contributed by atoms with Gasteiger partial charge in [-0.05, 0) is 42.5 Å². The highest BCUT2D eigenvalue weighted by Gasteiger charge is 2.28. The molecule has 3 heterocycles. The standard InChI is InChI=1S/C14H14N2O2S/c1-9-10-5-8-19-12(10)4-7-16(9)13-11(14(17)18)3-2-6-15-13/h2-3,5-6,8-9H,4,7H2,1H3,(H,17,18). The third kappa shape index (κ3) is 2.00. The van der Waals surface area contributed by atoms with Crippen LogP contribution in [0.2, 0.25) is 0 Å². The molecule has 0 bridgehead atoms. The molecule has 0 amide bonds. The third-order valence-electron chi connectivity index (χ3n) is 3.57. The summed E-state index contributed by atoms with van der Waals surface area (Å²) in [7, 11) is 0. The third-order valence-corrected chi connectivity index (χ3v) is 4.56. The fraction of sp³-hybridized carbons (Fsp3) is 0.286. The van der Waals surface area contributed by atoms with Gasteiger partial charge >= 0.3 is 5.97 Å². The van der Waals surface area contributed by atoms with Crippen molar-refractivity contribution in [3.8, 4) is 0 Å². The highest BCUT2D eigenvalue weighted by atomic mass is 32.1. The second-order valence-corrected chi connectivity index (χ2v) is 5.60. The van der Waals surface area contributed by atoms with Crippen molar-refractivity contribution in [2.75, 3.05) is 11.4 Å². The van der Waals surface area contributed by atoms with Gasteiger partial charge in [-0.2, -0.15) is 0 Å². The zero-order valence-corrected chi connectivity index (χ0v) is 11.4. The first-order chi connectivity index (χ1) is 9.18. The molecule has 0 fully saturated rings. The van der Waals surface area contributed by atoms with Crippen LogP contribution in [0.3, 0.4) is 0 Å². The number of anilines is 1. The van der Waals surface area contributed by atoms with Crippen molar-refractivity contribution in [3.05, 3.63) is 45.8 Å². The largest absolute Gasteiger partial charge is 0.478 e. The Hall–Kier alpha value is -1.88. The van der Waals surface area contributed by atoms with Gasteiger partial charge in [0.2, 0.25) is 0 Å². The first-order valence-electron chi connectivity index (χ1n) is 6.19. The van der Waals surface area contributed by atoms with Crippen molar-refractivity contribution in [1.29, 1.82) is 0 Å². The maximum absolute atomic E-state index is 11.3. The van der Waals surface area contributed by atoms with Crippen molar-refractivity contribution in [1.82, 2.24) is 4.98 Å². The summed E-state index contributed by atoms with van der Waals surface area (Å²) in [6.07, 6.45) is 2.60. The van der Waals surface area contributed by atoms with Gasteiger partial charge in [0.05, 0.1) is 6.04 Å². The van der Waals surface area contributed by atoms with Gasteiger partial charge in [-0.3, -0.25) is 0 Å². The van der Waals surface area contributed by atoms with E-state index in [-0.39, 0.29) is 11.6 Å². The zero-order chi connectivity index (χ0) is 13.4. The molecule has 4 nitrogen and oxygen atoms in total. The number of thiophene rings is 1. The monoisotopic (exact) mass is 274 g/mol. The van der Waals surface area contributed by atoms with Crippen molar-refractivity contribution in [2.24, 2.45) is 0 Å². The van der Waals surface area contributed by atoms with E-state index in [0.29, 0.717) is 5.82 Å². The molecule has 0 aromatic carbocycles. The topological polar surface area (TPSA) is 53.4 Å². The van der Waals surface area contributed by atoms with Crippen LogP contribution in [0, 0.1) is 0 Å². The molecule has 1 aliphatic rings. The van der Waals surface area contributed by atoms with E-state index in [9.17, 15) is 9.90 Å². The molecular weight excluding hydrogens is 260 g/mol. The first kappa shape index (κ1) is 12.2. The van der Waals surface area contributed by atoms with Gasteiger partial charge in [-0.1, -0.05) is 0 Å². The average molecular weight is 274 g/mol. The number of carbonyl (C=O) groups is 1. The van der Waals surface area contributed by atoms with Crippen LogP contribution in [0.1, 0.15) is 33.8 Å². The number of carboxylic acid groups (broad SMARTS) is 1. The molecular formula is C14H14N2O2S. The van der Waals surface area contributed by atoms with Gasteiger partial charge in [0, 0.05) is 17.6 Å². The van der Waals surface area contributed by atoms with E-state index >= 15 is 0 Å². The summed E-state index contributed by atoms with van der Waals surface area (Å²) in [6, 6.07) is 5.57. The molecule has 2 aromatic heterocycles. The van der Waals surface area contributed by atoms with Gasteiger partial charge in [0.25, 0.3) is 0 Å². The molecule has 0 aliphatic carbocycles. The summed E-state index contributed by atoms with van der Waals surface area (Å²) in [6.45, 7) is 2.91. The minimum atomic E-state index is -0.925. The number of aromatic carboxylic acids is 1. The molecule has 19 heavy (non-hydrogen) atoms. The number of hydrogen-bond donors (Lipinski definition) is 1. The lowest BCUT2D eigenvalue weighted by Gasteiger charge is -2.35. The van der Waals surface area contributed by atoms with Crippen molar-refractivity contribution >= 4 is 23.1 Å². The number of aromatic nitrogens is 1. The minimum Gasteiger partial charge on any atom is -0.478 e. The normalized spacial score (nSPS) is 18.2. The summed E-state index contributed by atoms with van der Waals surface area (Å²) >= 11 is 1.77. The highest BCUT2D eigenvalue weighted by molar-refractivity contribution is 7.10. The number of pyridine rings is 1. The van der Waals surface area contributed by atoms with Gasteiger partial charge in [-0.25, -0.2) is 9.78 Å². The molecule has 0 spiro atoms. The van der Waals surface area contributed by atoms with E-state index < -0.39 is 5.97 Å². The predicted octanol–water partition coefficient (Wildman–Crippen LogP) is 2.97. The quantitative estimate of drug-likeness (QED) is 0.914. The molecule has 5 heteroatoms. The zero-order valence-electron chi connectivity index (χ0n) is 10.5. The van der Waals surface area contributed by atoms with Gasteiger partial charge in [0.15, 0.2) is 0 Å². The molecule has 98 valence electrons. The Kier molecular flexibility index (Phi) is 2.98. The maximum atomic E-state index is 11.3. The number of nitrogens with zero attached hydrogens (tertiary/aromatic N) is 2. The molecule has 1 atom stereocenters. The molecule has 2 aromatic rings. The second-order valence-electron chi connectivity index (χ2n) is 4.60. The molecule has 1 unspecified atom stereocenters. The van der Waals surface area contributed by atoms with Crippen LogP contribution in [-0.4, -0.2) is 22.6 Å². The Morgan fingerprint density at radius 3 is 3.16 bits per heavy atom. The summed E-state index contributed by atoms with van der Waals surface area (Å²) < 4.78 is 0.